The van der Waals surface area contributed by atoms with Gasteiger partial charge in [0.05, 0.1) is 9.83 Å². The van der Waals surface area contributed by atoms with Gasteiger partial charge in [0.15, 0.2) is 4.32 Å². The van der Waals surface area contributed by atoms with Gasteiger partial charge in [-0.25, -0.2) is 0 Å². The van der Waals surface area contributed by atoms with Gasteiger partial charge in [-0.15, -0.1) is 0 Å². The van der Waals surface area contributed by atoms with Crippen LogP contribution in [-0.2, 0) is 4.79 Å². The Hall–Kier alpha value is -2.71. The van der Waals surface area contributed by atoms with Gasteiger partial charge in [0.25, 0.3) is 11.6 Å². The van der Waals surface area contributed by atoms with E-state index in [4.69, 9.17) is 12.2 Å². The zero-order valence-electron chi connectivity index (χ0n) is 14.1. The molecule has 6 nitrogen and oxygen atoms in total. The third-order valence-electron chi connectivity index (χ3n) is 3.82. The topological polar surface area (TPSA) is 66.7 Å². The number of nitro benzene ring substituents is 1. The smallest absolute Gasteiger partial charge is 0.293 e. The molecule has 1 amide bonds. The molecule has 0 atom stereocenters. The normalized spacial score (nSPS) is 15.6. The molecule has 132 valence electrons. The number of hydrogen-bond acceptors (Lipinski definition) is 6. The Bertz CT molecular complexity index is 924. The molecule has 0 aliphatic carbocycles. The van der Waals surface area contributed by atoms with Gasteiger partial charge in [-0.2, -0.15) is 0 Å². The number of para-hydroxylation sites is 2. The minimum atomic E-state index is -0.516. The van der Waals surface area contributed by atoms with Gasteiger partial charge in [0, 0.05) is 25.8 Å². The van der Waals surface area contributed by atoms with Gasteiger partial charge in [0.1, 0.15) is 5.69 Å². The van der Waals surface area contributed by atoms with E-state index in [1.165, 1.54) is 17.0 Å². The number of benzene rings is 2. The SMILES string of the molecule is CN(C)c1ccc(/C=C2\SC(=S)N(c3ccccc3[N+](=O)[O-])C2=O)cc1. The van der Waals surface area contributed by atoms with Crippen LogP contribution in [0, 0.1) is 10.1 Å². The van der Waals surface area contributed by atoms with E-state index < -0.39 is 4.92 Å². The highest BCUT2D eigenvalue weighted by Gasteiger charge is 2.36. The lowest BCUT2D eigenvalue weighted by Crippen LogP contribution is -2.28. The zero-order chi connectivity index (χ0) is 18.8. The molecule has 0 bridgehead atoms. The highest BCUT2D eigenvalue weighted by molar-refractivity contribution is 8.27. The summed E-state index contributed by atoms with van der Waals surface area (Å²) < 4.78 is 0.278. The zero-order valence-corrected chi connectivity index (χ0v) is 15.7. The lowest BCUT2D eigenvalue weighted by molar-refractivity contribution is -0.384. The maximum atomic E-state index is 12.8. The van der Waals surface area contributed by atoms with Crippen LogP contribution in [0.5, 0.6) is 0 Å². The van der Waals surface area contributed by atoms with Crippen LogP contribution < -0.4 is 9.80 Å². The van der Waals surface area contributed by atoms with Gasteiger partial charge in [-0.05, 0) is 29.8 Å². The average Bonchev–Trinajstić information content (AvgIpc) is 2.89. The summed E-state index contributed by atoms with van der Waals surface area (Å²) >= 11 is 6.43. The van der Waals surface area contributed by atoms with Crippen LogP contribution >= 0.6 is 24.0 Å². The molecule has 1 aliphatic rings. The van der Waals surface area contributed by atoms with Crippen molar-refractivity contribution in [3.63, 3.8) is 0 Å². The first-order valence-electron chi connectivity index (χ1n) is 7.67. The van der Waals surface area contributed by atoms with E-state index in [1.54, 1.807) is 18.2 Å². The molecule has 0 saturated carbocycles. The minimum Gasteiger partial charge on any atom is -0.378 e. The predicted octanol–water partition coefficient (Wildman–Crippen LogP) is 4.07. The number of amides is 1. The second-order valence-electron chi connectivity index (χ2n) is 5.75. The first-order valence-corrected chi connectivity index (χ1v) is 8.89. The number of anilines is 2. The molecule has 1 aliphatic heterocycles. The maximum absolute atomic E-state index is 12.8. The largest absolute Gasteiger partial charge is 0.378 e. The van der Waals surface area contributed by atoms with Gasteiger partial charge >= 0.3 is 0 Å². The number of carbonyl (C=O) groups is 1. The monoisotopic (exact) mass is 385 g/mol. The van der Waals surface area contributed by atoms with Crippen LogP contribution in [0.15, 0.2) is 53.4 Å². The molecule has 2 aromatic rings. The summed E-state index contributed by atoms with van der Waals surface area (Å²) in [4.78, 5) is 27.2. The van der Waals surface area contributed by atoms with Gasteiger partial charge in [-0.1, -0.05) is 48.2 Å². The second-order valence-corrected chi connectivity index (χ2v) is 7.42. The first kappa shape index (κ1) is 18.1. The Morgan fingerprint density at radius 1 is 1.15 bits per heavy atom. The lowest BCUT2D eigenvalue weighted by atomic mass is 10.2. The van der Waals surface area contributed by atoms with Crippen LogP contribution in [0.4, 0.5) is 17.1 Å². The van der Waals surface area contributed by atoms with Crippen LogP contribution in [-0.4, -0.2) is 29.2 Å². The Morgan fingerprint density at radius 3 is 2.42 bits per heavy atom. The Labute approximate surface area is 160 Å². The molecule has 8 heteroatoms. The van der Waals surface area contributed by atoms with Crippen molar-refractivity contribution in [3.8, 4) is 0 Å². The molecule has 26 heavy (non-hydrogen) atoms. The number of rotatable bonds is 4. The van der Waals surface area contributed by atoms with Crippen LogP contribution in [0.3, 0.4) is 0 Å². The molecule has 2 aromatic carbocycles. The number of carbonyl (C=O) groups excluding carboxylic acids is 1. The van der Waals surface area contributed by atoms with Crippen molar-refractivity contribution in [2.45, 2.75) is 0 Å². The third-order valence-corrected chi connectivity index (χ3v) is 5.12. The average molecular weight is 385 g/mol. The van der Waals surface area contributed by atoms with Crippen molar-refractivity contribution in [1.29, 1.82) is 0 Å². The Balaban J connectivity index is 1.93. The number of thioether (sulfide) groups is 1. The fourth-order valence-corrected chi connectivity index (χ4v) is 3.79. The molecule has 3 rings (SSSR count). The summed E-state index contributed by atoms with van der Waals surface area (Å²) in [6.45, 7) is 0. The lowest BCUT2D eigenvalue weighted by Gasteiger charge is -2.14. The van der Waals surface area contributed by atoms with E-state index in [2.05, 4.69) is 0 Å². The molecule has 0 spiro atoms. The molecule has 0 N–H and O–H groups in total. The van der Waals surface area contributed by atoms with Crippen molar-refractivity contribution in [2.75, 3.05) is 23.9 Å². The van der Waals surface area contributed by atoms with E-state index in [0.29, 0.717) is 4.91 Å². The molecular formula is C18H15N3O3S2. The highest BCUT2D eigenvalue weighted by Crippen LogP contribution is 2.39. The van der Waals surface area contributed by atoms with Gasteiger partial charge in [-0.3, -0.25) is 19.8 Å². The number of nitro groups is 1. The standard InChI is InChI=1S/C18H15N3O3S2/c1-19(2)13-9-7-12(8-10-13)11-16-17(22)20(18(25)26-16)14-5-3-4-6-15(14)21(23)24/h3-11H,1-2H3/b16-11-. The summed E-state index contributed by atoms with van der Waals surface area (Å²) in [7, 11) is 3.90. The molecule has 0 radical (unpaired) electrons. The minimum absolute atomic E-state index is 0.152. The van der Waals surface area contributed by atoms with Crippen LogP contribution in [0.2, 0.25) is 0 Å². The third kappa shape index (κ3) is 3.47. The van der Waals surface area contributed by atoms with Crippen molar-refractivity contribution in [2.24, 2.45) is 0 Å². The predicted molar refractivity (Wildman–Crippen MR) is 110 cm³/mol. The number of nitrogens with zero attached hydrogens (tertiary/aromatic N) is 3. The van der Waals surface area contributed by atoms with E-state index in [-0.39, 0.29) is 21.6 Å². The second kappa shape index (κ2) is 7.27. The summed E-state index contributed by atoms with van der Waals surface area (Å²) in [6, 6.07) is 13.8. The number of hydrogen-bond donors (Lipinski definition) is 0. The van der Waals surface area contributed by atoms with Crippen molar-refractivity contribution < 1.29 is 9.72 Å². The highest BCUT2D eigenvalue weighted by atomic mass is 32.2. The number of thiocarbonyl (C=S) groups is 1. The molecule has 1 saturated heterocycles. The molecule has 0 unspecified atom stereocenters. The van der Waals surface area contributed by atoms with Crippen molar-refractivity contribution in [3.05, 3.63) is 69.1 Å². The van der Waals surface area contributed by atoms with Crippen LogP contribution in [0.25, 0.3) is 6.08 Å². The molecule has 0 aromatic heterocycles. The van der Waals surface area contributed by atoms with E-state index >= 15 is 0 Å². The first-order chi connectivity index (χ1) is 12.4. The van der Waals surface area contributed by atoms with E-state index in [9.17, 15) is 14.9 Å². The Morgan fingerprint density at radius 2 is 1.81 bits per heavy atom. The fourth-order valence-electron chi connectivity index (χ4n) is 2.50. The molecule has 1 fully saturated rings. The quantitative estimate of drug-likeness (QED) is 0.342. The summed E-state index contributed by atoms with van der Waals surface area (Å²) in [5.74, 6) is -0.356. The molecular weight excluding hydrogens is 370 g/mol. The van der Waals surface area contributed by atoms with Gasteiger partial charge < -0.3 is 4.90 Å². The Kier molecular flexibility index (Phi) is 5.06. The van der Waals surface area contributed by atoms with E-state index in [0.717, 1.165) is 23.0 Å². The maximum Gasteiger partial charge on any atom is 0.293 e. The molecule has 1 heterocycles. The fraction of sp³-hybridized carbons (Fsp3) is 0.111. The van der Waals surface area contributed by atoms with Crippen LogP contribution in [0.1, 0.15) is 5.56 Å². The van der Waals surface area contributed by atoms with Crippen molar-refractivity contribution in [1.82, 2.24) is 0 Å². The summed E-state index contributed by atoms with van der Waals surface area (Å²) in [5, 5.41) is 11.3. The summed E-state index contributed by atoms with van der Waals surface area (Å²) in [6.07, 6.45) is 1.74. The van der Waals surface area contributed by atoms with E-state index in [1.807, 2.05) is 43.3 Å². The van der Waals surface area contributed by atoms with Gasteiger partial charge in [0.2, 0.25) is 0 Å². The van der Waals surface area contributed by atoms with Crippen molar-refractivity contribution >= 4 is 57.3 Å². The summed E-state index contributed by atoms with van der Waals surface area (Å²) in [5.41, 5.74) is 1.94.